The first-order valence-corrected chi connectivity index (χ1v) is 6.09. The minimum absolute atomic E-state index is 0.286. The van der Waals surface area contributed by atoms with E-state index in [0.717, 1.165) is 19.4 Å². The summed E-state index contributed by atoms with van der Waals surface area (Å²) >= 11 is 0. The topological polar surface area (TPSA) is 29.3 Å². The van der Waals surface area contributed by atoms with Crippen LogP contribution in [-0.2, 0) is 6.42 Å². The van der Waals surface area contributed by atoms with Gasteiger partial charge in [-0.2, -0.15) is 0 Å². The Kier molecular flexibility index (Phi) is 5.50. The number of nitrogens with zero attached hydrogens (tertiary/aromatic N) is 1. The van der Waals surface area contributed by atoms with Crippen molar-refractivity contribution in [2.75, 3.05) is 13.6 Å². The summed E-state index contributed by atoms with van der Waals surface area (Å²) in [5.74, 6) is 0. The molecule has 0 spiro atoms. The monoisotopic (exact) mass is 220 g/mol. The molecule has 1 aromatic rings. The first-order valence-electron chi connectivity index (χ1n) is 6.09. The third-order valence-corrected chi connectivity index (χ3v) is 3.06. The molecule has 0 radical (unpaired) electrons. The fraction of sp³-hybridized carbons (Fsp3) is 0.571. The zero-order chi connectivity index (χ0) is 12.0. The van der Waals surface area contributed by atoms with Gasteiger partial charge in [-0.25, -0.2) is 0 Å². The van der Waals surface area contributed by atoms with Crippen LogP contribution >= 0.6 is 0 Å². The number of benzene rings is 1. The second-order valence-electron chi connectivity index (χ2n) is 4.78. The highest BCUT2D eigenvalue weighted by atomic mass is 15.1. The molecular formula is C14H24N2. The van der Waals surface area contributed by atoms with E-state index in [4.69, 9.17) is 5.73 Å². The van der Waals surface area contributed by atoms with E-state index in [0.29, 0.717) is 6.04 Å². The van der Waals surface area contributed by atoms with Gasteiger partial charge in [-0.05, 0) is 39.3 Å². The van der Waals surface area contributed by atoms with Crippen LogP contribution < -0.4 is 5.73 Å². The van der Waals surface area contributed by atoms with Gasteiger partial charge < -0.3 is 10.6 Å². The highest BCUT2D eigenvalue weighted by Gasteiger charge is 2.10. The lowest BCUT2D eigenvalue weighted by molar-refractivity contribution is 0.241. The summed E-state index contributed by atoms with van der Waals surface area (Å²) < 4.78 is 0. The van der Waals surface area contributed by atoms with Gasteiger partial charge in [-0.1, -0.05) is 30.3 Å². The summed E-state index contributed by atoms with van der Waals surface area (Å²) in [4.78, 5) is 2.39. The van der Waals surface area contributed by atoms with Crippen LogP contribution in [0.3, 0.4) is 0 Å². The predicted octanol–water partition coefficient (Wildman–Crippen LogP) is 2.29. The van der Waals surface area contributed by atoms with Gasteiger partial charge in [-0.3, -0.25) is 0 Å². The van der Waals surface area contributed by atoms with Gasteiger partial charge in [0.1, 0.15) is 0 Å². The maximum atomic E-state index is 5.81. The normalized spacial score (nSPS) is 15.1. The maximum absolute atomic E-state index is 5.81. The van der Waals surface area contributed by atoms with Crippen molar-refractivity contribution in [2.45, 2.75) is 38.8 Å². The van der Waals surface area contributed by atoms with E-state index in [2.05, 4.69) is 56.1 Å². The molecule has 0 aliphatic heterocycles. The molecule has 2 unspecified atom stereocenters. The number of nitrogens with two attached hydrogens (primary N) is 1. The van der Waals surface area contributed by atoms with Crippen LogP contribution in [0.5, 0.6) is 0 Å². The van der Waals surface area contributed by atoms with Gasteiger partial charge in [0.05, 0.1) is 0 Å². The Bertz CT molecular complexity index is 282. The minimum Gasteiger partial charge on any atom is -0.328 e. The second kappa shape index (κ2) is 6.66. The van der Waals surface area contributed by atoms with E-state index in [1.807, 2.05) is 0 Å². The Hall–Kier alpha value is -0.860. The number of likely N-dealkylation sites (N-methyl/N-ethyl adjacent to an activating group) is 1. The van der Waals surface area contributed by atoms with Crippen molar-refractivity contribution in [3.05, 3.63) is 35.9 Å². The Morgan fingerprint density at radius 3 is 2.38 bits per heavy atom. The van der Waals surface area contributed by atoms with Gasteiger partial charge >= 0.3 is 0 Å². The number of rotatable bonds is 6. The van der Waals surface area contributed by atoms with Crippen LogP contribution in [0, 0.1) is 0 Å². The highest BCUT2D eigenvalue weighted by Crippen LogP contribution is 2.06. The summed E-state index contributed by atoms with van der Waals surface area (Å²) in [5, 5.41) is 0. The zero-order valence-corrected chi connectivity index (χ0v) is 10.7. The number of hydrogen-bond donors (Lipinski definition) is 1. The molecule has 0 heterocycles. The Morgan fingerprint density at radius 2 is 1.81 bits per heavy atom. The zero-order valence-electron chi connectivity index (χ0n) is 10.7. The average Bonchev–Trinajstić information content (AvgIpc) is 2.26. The van der Waals surface area contributed by atoms with Crippen molar-refractivity contribution in [3.8, 4) is 0 Å². The predicted molar refractivity (Wildman–Crippen MR) is 70.5 cm³/mol. The largest absolute Gasteiger partial charge is 0.328 e. The SMILES string of the molecule is CC(N)CC(C)N(C)CCc1ccccc1. The Morgan fingerprint density at radius 1 is 1.19 bits per heavy atom. The summed E-state index contributed by atoms with van der Waals surface area (Å²) in [6.45, 7) is 5.41. The van der Waals surface area contributed by atoms with Gasteiger partial charge in [0.2, 0.25) is 0 Å². The minimum atomic E-state index is 0.286. The van der Waals surface area contributed by atoms with Crippen molar-refractivity contribution in [1.82, 2.24) is 4.90 Å². The standard InChI is InChI=1S/C14H24N2/c1-12(15)11-13(2)16(3)10-9-14-7-5-4-6-8-14/h4-8,12-13H,9-11,15H2,1-3H3. The third kappa shape index (κ3) is 4.77. The molecule has 0 saturated carbocycles. The molecule has 90 valence electrons. The number of hydrogen-bond acceptors (Lipinski definition) is 2. The molecule has 0 aliphatic carbocycles. The van der Waals surface area contributed by atoms with Gasteiger partial charge in [0, 0.05) is 18.6 Å². The van der Waals surface area contributed by atoms with Gasteiger partial charge in [0.15, 0.2) is 0 Å². The molecule has 2 heteroatoms. The molecule has 0 fully saturated rings. The lowest BCUT2D eigenvalue weighted by Gasteiger charge is -2.26. The fourth-order valence-corrected chi connectivity index (χ4v) is 1.89. The molecule has 1 rings (SSSR count). The summed E-state index contributed by atoms with van der Waals surface area (Å²) in [7, 11) is 2.18. The van der Waals surface area contributed by atoms with Crippen LogP contribution in [0.25, 0.3) is 0 Å². The van der Waals surface area contributed by atoms with E-state index < -0.39 is 0 Å². The molecule has 2 atom stereocenters. The Labute approximate surface area is 99.5 Å². The maximum Gasteiger partial charge on any atom is 0.00786 e. The van der Waals surface area contributed by atoms with Crippen LogP contribution in [0.4, 0.5) is 0 Å². The van der Waals surface area contributed by atoms with E-state index in [9.17, 15) is 0 Å². The van der Waals surface area contributed by atoms with Crippen LogP contribution in [0.15, 0.2) is 30.3 Å². The summed E-state index contributed by atoms with van der Waals surface area (Å²) in [5.41, 5.74) is 7.22. The molecule has 2 N–H and O–H groups in total. The molecule has 0 amide bonds. The van der Waals surface area contributed by atoms with Crippen molar-refractivity contribution in [3.63, 3.8) is 0 Å². The molecule has 1 aromatic carbocycles. The van der Waals surface area contributed by atoms with E-state index in [1.165, 1.54) is 5.56 Å². The summed E-state index contributed by atoms with van der Waals surface area (Å²) in [6, 6.07) is 11.5. The van der Waals surface area contributed by atoms with Crippen molar-refractivity contribution in [2.24, 2.45) is 5.73 Å². The fourth-order valence-electron chi connectivity index (χ4n) is 1.89. The average molecular weight is 220 g/mol. The van der Waals surface area contributed by atoms with Gasteiger partial charge in [-0.15, -0.1) is 0 Å². The first kappa shape index (κ1) is 13.2. The lowest BCUT2D eigenvalue weighted by Crippen LogP contribution is -2.35. The van der Waals surface area contributed by atoms with Crippen LogP contribution in [0.1, 0.15) is 25.8 Å². The second-order valence-corrected chi connectivity index (χ2v) is 4.78. The molecule has 16 heavy (non-hydrogen) atoms. The first-order chi connectivity index (χ1) is 7.59. The van der Waals surface area contributed by atoms with Crippen molar-refractivity contribution < 1.29 is 0 Å². The van der Waals surface area contributed by atoms with E-state index in [1.54, 1.807) is 0 Å². The molecule has 0 bridgehead atoms. The quantitative estimate of drug-likeness (QED) is 0.797. The van der Waals surface area contributed by atoms with Crippen molar-refractivity contribution in [1.29, 1.82) is 0 Å². The third-order valence-electron chi connectivity index (χ3n) is 3.06. The molecule has 0 aliphatic rings. The van der Waals surface area contributed by atoms with Gasteiger partial charge in [0.25, 0.3) is 0 Å². The molecule has 2 nitrogen and oxygen atoms in total. The Balaban J connectivity index is 2.32. The molecular weight excluding hydrogens is 196 g/mol. The lowest BCUT2D eigenvalue weighted by atomic mass is 10.1. The highest BCUT2D eigenvalue weighted by molar-refractivity contribution is 5.14. The smallest absolute Gasteiger partial charge is 0.00786 e. The molecule has 0 aromatic heterocycles. The van der Waals surface area contributed by atoms with E-state index in [-0.39, 0.29) is 6.04 Å². The van der Waals surface area contributed by atoms with Crippen molar-refractivity contribution >= 4 is 0 Å². The van der Waals surface area contributed by atoms with Crippen LogP contribution in [-0.4, -0.2) is 30.6 Å². The summed E-state index contributed by atoms with van der Waals surface area (Å²) in [6.07, 6.45) is 2.17. The van der Waals surface area contributed by atoms with E-state index >= 15 is 0 Å². The molecule has 0 saturated heterocycles. The van der Waals surface area contributed by atoms with Crippen LogP contribution in [0.2, 0.25) is 0 Å².